The van der Waals surface area contributed by atoms with Gasteiger partial charge in [-0.1, -0.05) is 47.1 Å². The summed E-state index contributed by atoms with van der Waals surface area (Å²) in [5, 5.41) is 0. The summed E-state index contributed by atoms with van der Waals surface area (Å²) in [6.45, 7) is 2.12. The largest absolute Gasteiger partial charge is 0.326 e. The first-order chi connectivity index (χ1) is 10.2. The number of imidazole rings is 1. The number of hydrogen-bond donors (Lipinski definition) is 1. The van der Waals surface area contributed by atoms with Gasteiger partial charge in [-0.2, -0.15) is 0 Å². The molecule has 0 aliphatic rings. The van der Waals surface area contributed by atoms with E-state index in [1.54, 1.807) is 0 Å². The molecule has 4 heteroatoms. The molecule has 2 aromatic carbocycles. The van der Waals surface area contributed by atoms with Gasteiger partial charge >= 0.3 is 0 Å². The summed E-state index contributed by atoms with van der Waals surface area (Å²) in [5.74, 6) is 0. The standard InChI is InChI=1S/C17H18BrN3/c1-2-14(19)17(12-6-5-7-13(18)10-12)21-11-20-15-8-3-4-9-16(15)21/h3-11,14,17H,2,19H2,1H3. The number of benzene rings is 2. The third kappa shape index (κ3) is 2.74. The minimum Gasteiger partial charge on any atom is -0.326 e. The molecule has 0 aliphatic carbocycles. The molecule has 0 bridgehead atoms. The monoisotopic (exact) mass is 343 g/mol. The summed E-state index contributed by atoms with van der Waals surface area (Å²) in [6, 6.07) is 16.6. The van der Waals surface area contributed by atoms with Crippen LogP contribution in [0.5, 0.6) is 0 Å². The highest BCUT2D eigenvalue weighted by Crippen LogP contribution is 2.28. The molecule has 21 heavy (non-hydrogen) atoms. The minimum atomic E-state index is 0.0388. The quantitative estimate of drug-likeness (QED) is 0.774. The van der Waals surface area contributed by atoms with E-state index < -0.39 is 0 Å². The molecule has 1 aromatic heterocycles. The Morgan fingerprint density at radius 2 is 2.00 bits per heavy atom. The van der Waals surface area contributed by atoms with E-state index in [-0.39, 0.29) is 12.1 Å². The first-order valence-corrected chi connectivity index (χ1v) is 7.92. The highest BCUT2D eigenvalue weighted by molar-refractivity contribution is 9.10. The van der Waals surface area contributed by atoms with Crippen LogP contribution in [0.4, 0.5) is 0 Å². The lowest BCUT2D eigenvalue weighted by Crippen LogP contribution is -2.32. The van der Waals surface area contributed by atoms with Crippen molar-refractivity contribution in [2.45, 2.75) is 25.4 Å². The van der Waals surface area contributed by atoms with Crippen molar-refractivity contribution in [1.29, 1.82) is 0 Å². The van der Waals surface area contributed by atoms with Crippen molar-refractivity contribution in [2.24, 2.45) is 5.73 Å². The zero-order chi connectivity index (χ0) is 14.8. The summed E-state index contributed by atoms with van der Waals surface area (Å²) >= 11 is 3.55. The SMILES string of the molecule is CCC(N)C(c1cccc(Br)c1)n1cnc2ccccc21. The summed E-state index contributed by atoms with van der Waals surface area (Å²) < 4.78 is 3.25. The minimum absolute atomic E-state index is 0.0388. The van der Waals surface area contributed by atoms with E-state index in [9.17, 15) is 0 Å². The lowest BCUT2D eigenvalue weighted by atomic mass is 9.97. The molecule has 0 radical (unpaired) electrons. The number of hydrogen-bond acceptors (Lipinski definition) is 2. The maximum atomic E-state index is 6.42. The van der Waals surface area contributed by atoms with Gasteiger partial charge in [-0.25, -0.2) is 4.98 Å². The molecule has 0 saturated heterocycles. The van der Waals surface area contributed by atoms with Crippen LogP contribution < -0.4 is 5.73 Å². The molecular weight excluding hydrogens is 326 g/mol. The molecule has 0 aliphatic heterocycles. The molecule has 108 valence electrons. The number of aromatic nitrogens is 2. The molecule has 2 N–H and O–H groups in total. The third-order valence-corrected chi connectivity index (χ3v) is 4.34. The van der Waals surface area contributed by atoms with Gasteiger partial charge in [0.2, 0.25) is 0 Å². The molecule has 0 amide bonds. The van der Waals surface area contributed by atoms with Crippen molar-refractivity contribution in [3.8, 4) is 0 Å². The maximum absolute atomic E-state index is 6.42. The molecule has 1 heterocycles. The molecule has 2 unspecified atom stereocenters. The van der Waals surface area contributed by atoms with Gasteiger partial charge in [-0.15, -0.1) is 0 Å². The van der Waals surface area contributed by atoms with Crippen molar-refractivity contribution < 1.29 is 0 Å². The average molecular weight is 344 g/mol. The Kier molecular flexibility index (Phi) is 4.08. The van der Waals surface area contributed by atoms with E-state index in [1.807, 2.05) is 36.7 Å². The molecule has 0 fully saturated rings. The van der Waals surface area contributed by atoms with E-state index in [0.29, 0.717) is 0 Å². The number of rotatable bonds is 4. The van der Waals surface area contributed by atoms with E-state index >= 15 is 0 Å². The highest BCUT2D eigenvalue weighted by atomic mass is 79.9. The van der Waals surface area contributed by atoms with Crippen LogP contribution >= 0.6 is 15.9 Å². The van der Waals surface area contributed by atoms with Gasteiger partial charge in [0.1, 0.15) is 0 Å². The van der Waals surface area contributed by atoms with Crippen molar-refractivity contribution in [2.75, 3.05) is 0 Å². The lowest BCUT2D eigenvalue weighted by molar-refractivity contribution is 0.467. The van der Waals surface area contributed by atoms with Crippen LogP contribution in [0.3, 0.4) is 0 Å². The van der Waals surface area contributed by atoms with Gasteiger partial charge in [-0.05, 0) is 36.2 Å². The fraction of sp³-hybridized carbons (Fsp3) is 0.235. The Balaban J connectivity index is 2.16. The summed E-state index contributed by atoms with van der Waals surface area (Å²) in [7, 11) is 0. The Morgan fingerprint density at radius 3 is 2.76 bits per heavy atom. The van der Waals surface area contributed by atoms with Gasteiger partial charge in [0.15, 0.2) is 0 Å². The predicted octanol–water partition coefficient (Wildman–Crippen LogP) is 4.13. The fourth-order valence-electron chi connectivity index (χ4n) is 2.73. The zero-order valence-electron chi connectivity index (χ0n) is 11.9. The van der Waals surface area contributed by atoms with Crippen molar-refractivity contribution in [3.05, 3.63) is 64.9 Å². The fourth-order valence-corrected chi connectivity index (χ4v) is 3.14. The summed E-state index contributed by atoms with van der Waals surface area (Å²) in [4.78, 5) is 4.50. The topological polar surface area (TPSA) is 43.8 Å². The second-order valence-electron chi connectivity index (χ2n) is 5.21. The number of nitrogens with two attached hydrogens (primary N) is 1. The van der Waals surface area contributed by atoms with Crippen molar-refractivity contribution in [1.82, 2.24) is 9.55 Å². The highest BCUT2D eigenvalue weighted by Gasteiger charge is 2.22. The second-order valence-corrected chi connectivity index (χ2v) is 6.13. The number of para-hydroxylation sites is 2. The van der Waals surface area contributed by atoms with Crippen LogP contribution in [-0.2, 0) is 0 Å². The van der Waals surface area contributed by atoms with Crippen LogP contribution in [0.15, 0.2) is 59.3 Å². The summed E-state index contributed by atoms with van der Waals surface area (Å²) in [5.41, 5.74) is 9.73. The lowest BCUT2D eigenvalue weighted by Gasteiger charge is -2.26. The van der Waals surface area contributed by atoms with Gasteiger partial charge in [0, 0.05) is 10.5 Å². The number of halogens is 1. The van der Waals surface area contributed by atoms with Crippen LogP contribution in [0.2, 0.25) is 0 Å². The second kappa shape index (κ2) is 6.00. The van der Waals surface area contributed by atoms with Gasteiger partial charge in [0.05, 0.1) is 23.4 Å². The van der Waals surface area contributed by atoms with E-state index in [1.165, 1.54) is 5.56 Å². The smallest absolute Gasteiger partial charge is 0.0964 e. The van der Waals surface area contributed by atoms with Crippen LogP contribution in [-0.4, -0.2) is 15.6 Å². The van der Waals surface area contributed by atoms with Gasteiger partial charge < -0.3 is 10.3 Å². The van der Waals surface area contributed by atoms with Crippen LogP contribution in [0.25, 0.3) is 11.0 Å². The molecule has 3 aromatic rings. The Labute approximate surface area is 132 Å². The first kappa shape index (κ1) is 14.3. The Bertz CT molecular complexity index is 750. The number of fused-ring (bicyclic) bond motifs is 1. The third-order valence-electron chi connectivity index (χ3n) is 3.85. The normalized spacial score (nSPS) is 14.2. The first-order valence-electron chi connectivity index (χ1n) is 7.13. The van der Waals surface area contributed by atoms with E-state index in [2.05, 4.69) is 50.6 Å². The molecular formula is C17H18BrN3. The Hall–Kier alpha value is -1.65. The average Bonchev–Trinajstić information content (AvgIpc) is 2.91. The van der Waals surface area contributed by atoms with Gasteiger partial charge in [0.25, 0.3) is 0 Å². The zero-order valence-corrected chi connectivity index (χ0v) is 13.5. The molecule has 0 saturated carbocycles. The van der Waals surface area contributed by atoms with Crippen molar-refractivity contribution in [3.63, 3.8) is 0 Å². The Morgan fingerprint density at radius 1 is 1.19 bits per heavy atom. The predicted molar refractivity (Wildman–Crippen MR) is 90.3 cm³/mol. The van der Waals surface area contributed by atoms with E-state index in [0.717, 1.165) is 21.9 Å². The number of nitrogens with zero attached hydrogens (tertiary/aromatic N) is 2. The maximum Gasteiger partial charge on any atom is 0.0964 e. The summed E-state index contributed by atoms with van der Waals surface area (Å²) in [6.07, 6.45) is 2.80. The van der Waals surface area contributed by atoms with Crippen LogP contribution in [0.1, 0.15) is 24.9 Å². The molecule has 0 spiro atoms. The molecule has 3 nitrogen and oxygen atoms in total. The van der Waals surface area contributed by atoms with E-state index in [4.69, 9.17) is 5.73 Å². The van der Waals surface area contributed by atoms with Crippen molar-refractivity contribution >= 4 is 27.0 Å². The van der Waals surface area contributed by atoms with Crippen LogP contribution in [0, 0.1) is 0 Å². The van der Waals surface area contributed by atoms with Gasteiger partial charge in [-0.3, -0.25) is 0 Å². The molecule has 3 rings (SSSR count). The molecule has 2 atom stereocenters.